The molecule has 2 rings (SSSR count). The van der Waals surface area contributed by atoms with Crippen LogP contribution in [0.15, 0.2) is 64.6 Å². The SMILES string of the molecule is CC(=NN)c1ccc(NC(=O)NS(=O)(=O)c2ccccc2)cc1. The third-order valence-electron chi connectivity index (χ3n) is 3.03. The fraction of sp³-hybridized carbons (Fsp3) is 0.0667. The molecule has 0 fully saturated rings. The second-order valence-corrected chi connectivity index (χ2v) is 6.35. The number of hydrogen-bond donors (Lipinski definition) is 3. The molecular formula is C15H16N4O3S. The topological polar surface area (TPSA) is 114 Å². The first kappa shape index (κ1) is 16.5. The molecule has 120 valence electrons. The summed E-state index contributed by atoms with van der Waals surface area (Å²) in [5.41, 5.74) is 1.89. The molecule has 8 heteroatoms. The zero-order chi connectivity index (χ0) is 16.9. The Hall–Kier alpha value is -2.87. The second-order valence-electron chi connectivity index (χ2n) is 4.66. The standard InChI is InChI=1S/C15H16N4O3S/c1-11(18-16)12-7-9-13(10-8-12)17-15(20)19-23(21,22)14-5-3-2-4-6-14/h2-10H,16H2,1H3,(H2,17,19,20). The number of nitrogens with zero attached hydrogens (tertiary/aromatic N) is 1. The van der Waals surface area contributed by atoms with Crippen LogP contribution in [0.1, 0.15) is 12.5 Å². The van der Waals surface area contributed by atoms with E-state index in [1.807, 2.05) is 4.72 Å². The molecule has 0 saturated carbocycles. The summed E-state index contributed by atoms with van der Waals surface area (Å²) in [6.45, 7) is 1.75. The highest BCUT2D eigenvalue weighted by Crippen LogP contribution is 2.11. The van der Waals surface area contributed by atoms with E-state index in [4.69, 9.17) is 5.84 Å². The molecular weight excluding hydrogens is 316 g/mol. The van der Waals surface area contributed by atoms with Crippen LogP contribution >= 0.6 is 0 Å². The molecule has 7 nitrogen and oxygen atoms in total. The van der Waals surface area contributed by atoms with Gasteiger partial charge in [0.05, 0.1) is 10.6 Å². The molecule has 0 bridgehead atoms. The summed E-state index contributed by atoms with van der Waals surface area (Å²) in [6, 6.07) is 13.5. The van der Waals surface area contributed by atoms with Gasteiger partial charge in [-0.15, -0.1) is 0 Å². The fourth-order valence-electron chi connectivity index (χ4n) is 1.81. The maximum absolute atomic E-state index is 12.0. The van der Waals surface area contributed by atoms with Crippen molar-refractivity contribution >= 4 is 27.5 Å². The van der Waals surface area contributed by atoms with E-state index < -0.39 is 16.1 Å². The van der Waals surface area contributed by atoms with Crippen molar-refractivity contribution in [1.82, 2.24) is 4.72 Å². The zero-order valence-corrected chi connectivity index (χ0v) is 13.2. The fourth-order valence-corrected chi connectivity index (χ4v) is 2.73. The summed E-state index contributed by atoms with van der Waals surface area (Å²) < 4.78 is 26.0. The van der Waals surface area contributed by atoms with Crippen molar-refractivity contribution < 1.29 is 13.2 Å². The summed E-state index contributed by atoms with van der Waals surface area (Å²) in [7, 11) is -3.90. The number of amides is 2. The lowest BCUT2D eigenvalue weighted by Gasteiger charge is -2.09. The minimum Gasteiger partial charge on any atom is -0.323 e. The Morgan fingerprint density at radius 3 is 2.22 bits per heavy atom. The molecule has 0 aliphatic carbocycles. The molecule has 0 unspecified atom stereocenters. The first-order chi connectivity index (χ1) is 10.9. The normalized spacial score (nSPS) is 11.8. The van der Waals surface area contributed by atoms with E-state index in [1.165, 1.54) is 12.1 Å². The number of sulfonamides is 1. The van der Waals surface area contributed by atoms with Crippen molar-refractivity contribution in [3.05, 3.63) is 60.2 Å². The van der Waals surface area contributed by atoms with Crippen molar-refractivity contribution in [3.63, 3.8) is 0 Å². The van der Waals surface area contributed by atoms with Crippen LogP contribution in [0.25, 0.3) is 0 Å². The number of carbonyl (C=O) groups is 1. The van der Waals surface area contributed by atoms with E-state index in [0.29, 0.717) is 11.4 Å². The van der Waals surface area contributed by atoms with Crippen LogP contribution in [0, 0.1) is 0 Å². The van der Waals surface area contributed by atoms with Crippen molar-refractivity contribution in [2.75, 3.05) is 5.32 Å². The summed E-state index contributed by atoms with van der Waals surface area (Å²) >= 11 is 0. The van der Waals surface area contributed by atoms with E-state index >= 15 is 0 Å². The number of hydrogen-bond acceptors (Lipinski definition) is 5. The predicted octanol–water partition coefficient (Wildman–Crippen LogP) is 1.88. The third kappa shape index (κ3) is 4.30. The number of nitrogens with two attached hydrogens (primary N) is 1. The Morgan fingerprint density at radius 2 is 1.65 bits per heavy atom. The summed E-state index contributed by atoms with van der Waals surface area (Å²) in [6.07, 6.45) is 0. The van der Waals surface area contributed by atoms with Crippen LogP contribution in [0.4, 0.5) is 10.5 Å². The molecule has 0 aromatic heterocycles. The molecule has 2 aromatic carbocycles. The average molecular weight is 332 g/mol. The van der Waals surface area contributed by atoms with Gasteiger partial charge in [-0.25, -0.2) is 17.9 Å². The van der Waals surface area contributed by atoms with Crippen LogP contribution in [-0.4, -0.2) is 20.2 Å². The van der Waals surface area contributed by atoms with Crippen LogP contribution in [0.3, 0.4) is 0 Å². The summed E-state index contributed by atoms with van der Waals surface area (Å²) in [4.78, 5) is 11.8. The molecule has 0 saturated heterocycles. The Balaban J connectivity index is 2.05. The highest BCUT2D eigenvalue weighted by atomic mass is 32.2. The van der Waals surface area contributed by atoms with Gasteiger partial charge in [-0.05, 0) is 36.8 Å². The average Bonchev–Trinajstić information content (AvgIpc) is 2.55. The highest BCUT2D eigenvalue weighted by Gasteiger charge is 2.16. The predicted molar refractivity (Wildman–Crippen MR) is 88.6 cm³/mol. The van der Waals surface area contributed by atoms with Crippen molar-refractivity contribution in [2.45, 2.75) is 11.8 Å². The van der Waals surface area contributed by atoms with Crippen molar-refractivity contribution in [1.29, 1.82) is 0 Å². The molecule has 0 spiro atoms. The van der Waals surface area contributed by atoms with Gasteiger partial charge in [0.15, 0.2) is 0 Å². The molecule has 2 amide bonds. The van der Waals surface area contributed by atoms with Gasteiger partial charge >= 0.3 is 6.03 Å². The molecule has 2 aromatic rings. The van der Waals surface area contributed by atoms with Gasteiger partial charge in [-0.1, -0.05) is 30.3 Å². The van der Waals surface area contributed by atoms with Crippen molar-refractivity contribution in [2.24, 2.45) is 10.9 Å². The molecule has 23 heavy (non-hydrogen) atoms. The van der Waals surface area contributed by atoms with E-state index in [-0.39, 0.29) is 4.90 Å². The van der Waals surface area contributed by atoms with Gasteiger partial charge in [0.25, 0.3) is 10.0 Å². The van der Waals surface area contributed by atoms with Crippen LogP contribution in [-0.2, 0) is 10.0 Å². The van der Waals surface area contributed by atoms with E-state index in [9.17, 15) is 13.2 Å². The minimum absolute atomic E-state index is 0.0141. The van der Waals surface area contributed by atoms with Gasteiger partial charge in [-0.2, -0.15) is 5.10 Å². The number of urea groups is 1. The maximum atomic E-state index is 12.0. The van der Waals surface area contributed by atoms with Crippen molar-refractivity contribution in [3.8, 4) is 0 Å². The number of hydrazone groups is 1. The largest absolute Gasteiger partial charge is 0.333 e. The quantitative estimate of drug-likeness (QED) is 0.450. The van der Waals surface area contributed by atoms with Crippen LogP contribution in [0.2, 0.25) is 0 Å². The van der Waals surface area contributed by atoms with Crippen LogP contribution < -0.4 is 15.9 Å². The Labute approximate surface area is 134 Å². The number of nitrogens with one attached hydrogen (secondary N) is 2. The lowest BCUT2D eigenvalue weighted by molar-refractivity contribution is 0.256. The molecule has 0 atom stereocenters. The summed E-state index contributed by atoms with van der Waals surface area (Å²) in [5.74, 6) is 5.19. The number of benzene rings is 2. The van der Waals surface area contributed by atoms with Gasteiger partial charge in [0.2, 0.25) is 0 Å². The molecule has 0 aliphatic heterocycles. The number of anilines is 1. The molecule has 0 aliphatic rings. The third-order valence-corrected chi connectivity index (χ3v) is 4.38. The molecule has 4 N–H and O–H groups in total. The monoisotopic (exact) mass is 332 g/mol. The Morgan fingerprint density at radius 1 is 1.04 bits per heavy atom. The van der Waals surface area contributed by atoms with Gasteiger partial charge in [0, 0.05) is 5.69 Å². The highest BCUT2D eigenvalue weighted by molar-refractivity contribution is 7.90. The lowest BCUT2D eigenvalue weighted by atomic mass is 10.1. The van der Waals surface area contributed by atoms with E-state index in [2.05, 4.69) is 10.4 Å². The minimum atomic E-state index is -3.90. The zero-order valence-electron chi connectivity index (χ0n) is 12.4. The lowest BCUT2D eigenvalue weighted by Crippen LogP contribution is -2.34. The Kier molecular flexibility index (Phi) is 4.97. The smallest absolute Gasteiger partial charge is 0.323 e. The first-order valence-corrected chi connectivity index (χ1v) is 8.14. The van der Waals surface area contributed by atoms with Gasteiger partial charge < -0.3 is 11.2 Å². The molecule has 0 heterocycles. The van der Waals surface area contributed by atoms with E-state index in [0.717, 1.165) is 5.56 Å². The second kappa shape index (κ2) is 6.93. The molecule has 0 radical (unpaired) electrons. The number of carbonyl (C=O) groups excluding carboxylic acids is 1. The van der Waals surface area contributed by atoms with E-state index in [1.54, 1.807) is 49.4 Å². The van der Waals surface area contributed by atoms with Crippen LogP contribution in [0.5, 0.6) is 0 Å². The number of rotatable bonds is 4. The van der Waals surface area contributed by atoms with Gasteiger partial charge in [0.1, 0.15) is 0 Å². The van der Waals surface area contributed by atoms with Gasteiger partial charge in [-0.3, -0.25) is 0 Å². The first-order valence-electron chi connectivity index (χ1n) is 6.66. The maximum Gasteiger partial charge on any atom is 0.333 e. The Bertz CT molecular complexity index is 816. The summed E-state index contributed by atoms with van der Waals surface area (Å²) in [5, 5.41) is 6.02.